The Morgan fingerprint density at radius 3 is 2.68 bits per heavy atom. The lowest BCUT2D eigenvalue weighted by atomic mass is 9.99. The van der Waals surface area contributed by atoms with Crippen LogP contribution < -0.4 is 10.4 Å². The number of nitrogens with zero attached hydrogens (tertiary/aromatic N) is 3. The van der Waals surface area contributed by atoms with E-state index >= 15 is 0 Å². The minimum atomic E-state index is 0.905. The Morgan fingerprint density at radius 1 is 1.11 bits per heavy atom. The number of hydrogen-bond donors (Lipinski definition) is 0. The third kappa shape index (κ3) is 2.68. The Bertz CT molecular complexity index is 578. The van der Waals surface area contributed by atoms with Crippen LogP contribution in [0.5, 0.6) is 0 Å². The average molecular weight is 249 g/mol. The van der Waals surface area contributed by atoms with Crippen LogP contribution >= 0.6 is 0 Å². The molecular formula is C15H16BN3. The van der Waals surface area contributed by atoms with Crippen LogP contribution in [-0.2, 0) is 0 Å². The maximum atomic E-state index is 4.48. The fourth-order valence-electron chi connectivity index (χ4n) is 2.31. The highest BCUT2D eigenvalue weighted by molar-refractivity contribution is 6.32. The van der Waals surface area contributed by atoms with E-state index in [1.165, 1.54) is 11.0 Å². The first-order valence-corrected chi connectivity index (χ1v) is 6.61. The minimum absolute atomic E-state index is 0.905. The van der Waals surface area contributed by atoms with Crippen LogP contribution in [0.4, 0.5) is 5.82 Å². The molecule has 0 aliphatic carbocycles. The van der Waals surface area contributed by atoms with Gasteiger partial charge in [0.15, 0.2) is 0 Å². The molecule has 2 aromatic rings. The van der Waals surface area contributed by atoms with Crippen LogP contribution in [0.2, 0.25) is 0 Å². The molecule has 2 aromatic heterocycles. The summed E-state index contributed by atoms with van der Waals surface area (Å²) in [6, 6.07) is 10.3. The second-order valence-electron chi connectivity index (χ2n) is 4.83. The van der Waals surface area contributed by atoms with Crippen molar-refractivity contribution in [3.05, 3.63) is 54.5 Å². The van der Waals surface area contributed by atoms with Gasteiger partial charge in [0.05, 0.1) is 5.69 Å². The van der Waals surface area contributed by atoms with Crippen molar-refractivity contribution in [2.75, 3.05) is 18.0 Å². The normalized spacial score (nSPS) is 15.2. The third-order valence-electron chi connectivity index (χ3n) is 3.42. The highest BCUT2D eigenvalue weighted by Crippen LogP contribution is 2.22. The van der Waals surface area contributed by atoms with E-state index in [2.05, 4.69) is 47.0 Å². The van der Waals surface area contributed by atoms with Crippen molar-refractivity contribution in [3.63, 3.8) is 0 Å². The molecule has 1 aliphatic heterocycles. The van der Waals surface area contributed by atoms with E-state index in [0.717, 1.165) is 31.0 Å². The van der Waals surface area contributed by atoms with Crippen LogP contribution in [0.1, 0.15) is 12.1 Å². The van der Waals surface area contributed by atoms with Gasteiger partial charge in [-0.25, -0.2) is 4.98 Å². The Labute approximate surface area is 114 Å². The molecule has 0 aromatic carbocycles. The molecule has 0 bridgehead atoms. The first kappa shape index (κ1) is 12.0. The van der Waals surface area contributed by atoms with Crippen molar-refractivity contribution in [1.29, 1.82) is 0 Å². The molecule has 0 radical (unpaired) electrons. The summed E-state index contributed by atoms with van der Waals surface area (Å²) < 4.78 is 0. The maximum absolute atomic E-state index is 4.48. The first-order chi connectivity index (χ1) is 9.33. The largest absolute Gasteiger partial charge is 0.353 e. The Kier molecular flexibility index (Phi) is 3.32. The van der Waals surface area contributed by atoms with Gasteiger partial charge in [0.2, 0.25) is 0 Å². The molecule has 0 spiro atoms. The lowest BCUT2D eigenvalue weighted by Gasteiger charge is -2.27. The first-order valence-electron chi connectivity index (χ1n) is 6.61. The molecule has 3 nitrogen and oxygen atoms in total. The van der Waals surface area contributed by atoms with E-state index in [-0.39, 0.29) is 0 Å². The number of pyridine rings is 2. The molecule has 1 aliphatic rings. The van der Waals surface area contributed by atoms with Gasteiger partial charge in [-0.15, -0.1) is 0 Å². The smallest absolute Gasteiger partial charge is 0.141 e. The van der Waals surface area contributed by atoms with Crippen molar-refractivity contribution >= 4 is 24.7 Å². The van der Waals surface area contributed by atoms with Crippen molar-refractivity contribution in [2.24, 2.45) is 0 Å². The lowest BCUT2D eigenvalue weighted by molar-refractivity contribution is 0.814. The summed E-state index contributed by atoms with van der Waals surface area (Å²) >= 11 is 0. The van der Waals surface area contributed by atoms with E-state index < -0.39 is 0 Å². The molecule has 0 amide bonds. The molecule has 0 saturated heterocycles. The molecule has 4 heteroatoms. The Morgan fingerprint density at radius 2 is 2.05 bits per heavy atom. The molecule has 0 fully saturated rings. The van der Waals surface area contributed by atoms with E-state index in [4.69, 9.17) is 0 Å². The fourth-order valence-corrected chi connectivity index (χ4v) is 2.31. The van der Waals surface area contributed by atoms with Gasteiger partial charge in [-0.3, -0.25) is 4.98 Å². The Hall–Kier alpha value is -2.10. The number of rotatable bonds is 2. The zero-order valence-electron chi connectivity index (χ0n) is 11.1. The summed E-state index contributed by atoms with van der Waals surface area (Å²) in [5, 5.41) is 0. The van der Waals surface area contributed by atoms with Gasteiger partial charge in [0, 0.05) is 25.5 Å². The summed E-state index contributed by atoms with van der Waals surface area (Å²) in [4.78, 5) is 11.2. The molecule has 0 unspecified atom stereocenters. The quantitative estimate of drug-likeness (QED) is 0.744. The van der Waals surface area contributed by atoms with Gasteiger partial charge >= 0.3 is 0 Å². The Balaban J connectivity index is 1.75. The number of anilines is 1. The van der Waals surface area contributed by atoms with Crippen molar-refractivity contribution in [2.45, 2.75) is 6.42 Å². The molecular weight excluding hydrogens is 233 g/mol. The number of aromatic nitrogens is 2. The maximum Gasteiger partial charge on any atom is 0.141 e. The van der Waals surface area contributed by atoms with Crippen LogP contribution in [0.25, 0.3) is 5.57 Å². The standard InChI is InChI=1S/C15H16BN3/c16-13-4-5-15(18-11-13)19-9-6-12(7-10-19)14-3-1-2-8-17-14/h1-6,8,11H,7,9-10,16H2. The van der Waals surface area contributed by atoms with Gasteiger partial charge in [-0.2, -0.15) is 0 Å². The summed E-state index contributed by atoms with van der Waals surface area (Å²) in [6.45, 7) is 1.90. The van der Waals surface area contributed by atoms with Gasteiger partial charge in [0.25, 0.3) is 0 Å². The highest BCUT2D eigenvalue weighted by Gasteiger charge is 2.14. The predicted molar refractivity (Wildman–Crippen MR) is 81.5 cm³/mol. The SMILES string of the molecule is Bc1ccc(N2CC=C(c3ccccn3)CC2)nc1. The van der Waals surface area contributed by atoms with Crippen molar-refractivity contribution in [3.8, 4) is 0 Å². The van der Waals surface area contributed by atoms with Gasteiger partial charge < -0.3 is 4.90 Å². The van der Waals surface area contributed by atoms with Crippen molar-refractivity contribution < 1.29 is 0 Å². The topological polar surface area (TPSA) is 29.0 Å². The van der Waals surface area contributed by atoms with Crippen LogP contribution in [-0.4, -0.2) is 30.9 Å². The molecule has 0 N–H and O–H groups in total. The van der Waals surface area contributed by atoms with Crippen LogP contribution in [0.15, 0.2) is 48.8 Å². The fraction of sp³-hybridized carbons (Fsp3) is 0.200. The lowest BCUT2D eigenvalue weighted by Crippen LogP contribution is -2.29. The van der Waals surface area contributed by atoms with E-state index in [1.54, 1.807) is 0 Å². The monoisotopic (exact) mass is 249 g/mol. The van der Waals surface area contributed by atoms with E-state index in [0.29, 0.717) is 0 Å². The molecule has 0 atom stereocenters. The highest BCUT2D eigenvalue weighted by atomic mass is 15.2. The van der Waals surface area contributed by atoms with E-state index in [1.807, 2.05) is 24.5 Å². The number of hydrogen-bond acceptors (Lipinski definition) is 3. The summed E-state index contributed by atoms with van der Waals surface area (Å²) in [7, 11) is 2.06. The van der Waals surface area contributed by atoms with E-state index in [9.17, 15) is 0 Å². The molecule has 0 saturated carbocycles. The summed E-state index contributed by atoms with van der Waals surface area (Å²) in [5.41, 5.74) is 3.63. The zero-order valence-corrected chi connectivity index (χ0v) is 11.1. The second-order valence-corrected chi connectivity index (χ2v) is 4.83. The molecule has 3 heterocycles. The van der Waals surface area contributed by atoms with Crippen LogP contribution in [0.3, 0.4) is 0 Å². The van der Waals surface area contributed by atoms with Gasteiger partial charge in [0.1, 0.15) is 13.7 Å². The van der Waals surface area contributed by atoms with Gasteiger partial charge in [-0.05, 0) is 30.2 Å². The molecule has 94 valence electrons. The third-order valence-corrected chi connectivity index (χ3v) is 3.42. The average Bonchev–Trinajstić information content (AvgIpc) is 2.49. The van der Waals surface area contributed by atoms with Crippen LogP contribution in [0, 0.1) is 0 Å². The predicted octanol–water partition coefficient (Wildman–Crippen LogP) is 1.03. The summed E-state index contributed by atoms with van der Waals surface area (Å²) in [6.07, 6.45) is 7.05. The minimum Gasteiger partial charge on any atom is -0.353 e. The zero-order chi connectivity index (χ0) is 13.1. The van der Waals surface area contributed by atoms with Gasteiger partial charge in [-0.1, -0.05) is 23.7 Å². The van der Waals surface area contributed by atoms with Crippen molar-refractivity contribution in [1.82, 2.24) is 9.97 Å². The molecule has 3 rings (SSSR count). The molecule has 19 heavy (non-hydrogen) atoms. The second kappa shape index (κ2) is 5.27. The summed E-state index contributed by atoms with van der Waals surface area (Å²) in [5.74, 6) is 1.06.